The maximum Gasteiger partial charge on any atom is 0.256 e. The molecule has 0 aromatic heterocycles. The molecular formula is C18H17F3IN3O. The number of likely N-dealkylation sites (tertiary alicyclic amines) is 1. The van der Waals surface area contributed by atoms with Gasteiger partial charge in [0.25, 0.3) is 5.91 Å². The third kappa shape index (κ3) is 3.80. The molecule has 0 radical (unpaired) electrons. The topological polar surface area (TPSA) is 44.4 Å². The van der Waals surface area contributed by atoms with E-state index in [1.54, 1.807) is 11.0 Å². The Balaban J connectivity index is 1.89. The van der Waals surface area contributed by atoms with Gasteiger partial charge in [0.1, 0.15) is 5.82 Å². The van der Waals surface area contributed by atoms with Crippen molar-refractivity contribution in [2.45, 2.75) is 0 Å². The number of hydrogen-bond acceptors (Lipinski definition) is 3. The first-order valence-electron chi connectivity index (χ1n) is 8.04. The summed E-state index contributed by atoms with van der Waals surface area (Å²) in [5.74, 6) is -3.01. The molecule has 0 bridgehead atoms. The number of carbonyl (C=O) groups is 1. The van der Waals surface area contributed by atoms with Gasteiger partial charge in [-0.3, -0.25) is 4.79 Å². The van der Waals surface area contributed by atoms with Gasteiger partial charge < -0.3 is 15.5 Å². The first-order valence-corrected chi connectivity index (χ1v) is 9.12. The molecule has 2 aromatic rings. The first-order chi connectivity index (χ1) is 12.4. The average molecular weight is 475 g/mol. The maximum atomic E-state index is 14.4. The van der Waals surface area contributed by atoms with Gasteiger partial charge in [-0.05, 0) is 60.0 Å². The Morgan fingerprint density at radius 2 is 1.92 bits per heavy atom. The van der Waals surface area contributed by atoms with Gasteiger partial charge in [-0.25, -0.2) is 13.2 Å². The molecule has 1 aliphatic heterocycles. The Labute approximate surface area is 162 Å². The molecule has 4 nitrogen and oxygen atoms in total. The fourth-order valence-corrected chi connectivity index (χ4v) is 3.35. The van der Waals surface area contributed by atoms with Gasteiger partial charge in [0.2, 0.25) is 0 Å². The second kappa shape index (κ2) is 7.83. The van der Waals surface area contributed by atoms with Crippen LogP contribution in [0.4, 0.5) is 24.5 Å². The Morgan fingerprint density at radius 1 is 1.19 bits per heavy atom. The molecule has 0 atom stereocenters. The van der Waals surface area contributed by atoms with E-state index in [1.165, 1.54) is 18.2 Å². The van der Waals surface area contributed by atoms with Crippen molar-refractivity contribution in [2.75, 3.05) is 32.0 Å². The zero-order valence-corrected chi connectivity index (χ0v) is 16.1. The molecule has 1 saturated heterocycles. The van der Waals surface area contributed by atoms with Gasteiger partial charge in [-0.15, -0.1) is 0 Å². The zero-order chi connectivity index (χ0) is 18.8. The van der Waals surface area contributed by atoms with Crippen LogP contribution >= 0.6 is 22.6 Å². The standard InChI is InChI=1S/C18H17F3IN3O/c1-23-7-10-8-25(9-10)18(26)12-3-4-13(19)16(21)17(12)24-15-5-2-11(22)6-14(15)20/h2-6,10,23-24H,7-9H2,1H3. The third-order valence-electron chi connectivity index (χ3n) is 4.25. The van der Waals surface area contributed by atoms with Crippen molar-refractivity contribution in [1.82, 2.24) is 10.2 Å². The molecule has 2 aromatic carbocycles. The second-order valence-electron chi connectivity index (χ2n) is 6.17. The van der Waals surface area contributed by atoms with Crippen LogP contribution in [-0.4, -0.2) is 37.5 Å². The van der Waals surface area contributed by atoms with Crippen molar-refractivity contribution >= 4 is 39.9 Å². The van der Waals surface area contributed by atoms with E-state index < -0.39 is 23.4 Å². The second-order valence-corrected chi connectivity index (χ2v) is 7.41. The predicted molar refractivity (Wildman–Crippen MR) is 102 cm³/mol. The summed E-state index contributed by atoms with van der Waals surface area (Å²) < 4.78 is 42.8. The van der Waals surface area contributed by atoms with Crippen molar-refractivity contribution in [3.8, 4) is 0 Å². The quantitative estimate of drug-likeness (QED) is 0.648. The van der Waals surface area contributed by atoms with Gasteiger partial charge in [-0.2, -0.15) is 0 Å². The van der Waals surface area contributed by atoms with E-state index in [9.17, 15) is 18.0 Å². The largest absolute Gasteiger partial charge is 0.350 e. The molecule has 0 aliphatic carbocycles. The van der Waals surface area contributed by atoms with E-state index in [0.717, 1.165) is 12.6 Å². The fourth-order valence-electron chi connectivity index (χ4n) is 2.90. The van der Waals surface area contributed by atoms with Crippen molar-refractivity contribution < 1.29 is 18.0 Å². The molecule has 1 heterocycles. The molecule has 3 rings (SSSR count). The van der Waals surface area contributed by atoms with Crippen molar-refractivity contribution in [3.05, 3.63) is 56.9 Å². The molecule has 8 heteroatoms. The van der Waals surface area contributed by atoms with Crippen LogP contribution in [0.1, 0.15) is 10.4 Å². The third-order valence-corrected chi connectivity index (χ3v) is 4.92. The van der Waals surface area contributed by atoms with Crippen molar-refractivity contribution in [1.29, 1.82) is 0 Å². The molecule has 0 unspecified atom stereocenters. The minimum absolute atomic E-state index is 0.0234. The van der Waals surface area contributed by atoms with Crippen LogP contribution in [0, 0.1) is 26.9 Å². The Hall–Kier alpha value is -1.81. The summed E-state index contributed by atoms with van der Waals surface area (Å²) in [4.78, 5) is 14.2. The van der Waals surface area contributed by atoms with Crippen LogP contribution in [0.3, 0.4) is 0 Å². The molecule has 1 aliphatic rings. The summed E-state index contributed by atoms with van der Waals surface area (Å²) in [6.45, 7) is 1.85. The first kappa shape index (κ1) is 19.0. The molecule has 2 N–H and O–H groups in total. The van der Waals surface area contributed by atoms with Crippen LogP contribution in [0.15, 0.2) is 30.3 Å². The van der Waals surface area contributed by atoms with E-state index in [1.807, 2.05) is 29.6 Å². The SMILES string of the molecule is CNCC1CN(C(=O)c2ccc(F)c(F)c2Nc2ccc(I)cc2F)C1. The van der Waals surface area contributed by atoms with Crippen molar-refractivity contribution in [2.24, 2.45) is 5.92 Å². The van der Waals surface area contributed by atoms with Crippen molar-refractivity contribution in [3.63, 3.8) is 0 Å². The van der Waals surface area contributed by atoms with Crippen LogP contribution in [0.5, 0.6) is 0 Å². The highest BCUT2D eigenvalue weighted by Gasteiger charge is 2.32. The monoisotopic (exact) mass is 475 g/mol. The predicted octanol–water partition coefficient (Wildman–Crippen LogP) is 3.74. The van der Waals surface area contributed by atoms with Gasteiger partial charge in [0.05, 0.1) is 16.9 Å². The molecule has 26 heavy (non-hydrogen) atoms. The van der Waals surface area contributed by atoms with E-state index in [4.69, 9.17) is 0 Å². The molecule has 1 fully saturated rings. The summed E-state index contributed by atoms with van der Waals surface area (Å²) in [5, 5.41) is 5.58. The minimum Gasteiger partial charge on any atom is -0.350 e. The molecular weight excluding hydrogens is 458 g/mol. The lowest BCUT2D eigenvalue weighted by Gasteiger charge is -2.39. The van der Waals surface area contributed by atoms with E-state index >= 15 is 0 Å². The Kier molecular flexibility index (Phi) is 5.71. The number of nitrogens with zero attached hydrogens (tertiary/aromatic N) is 1. The summed E-state index contributed by atoms with van der Waals surface area (Å²) in [5.41, 5.74) is -0.405. The number of rotatable bonds is 5. The lowest BCUT2D eigenvalue weighted by atomic mass is 9.98. The number of carbonyl (C=O) groups excluding carboxylic acids is 1. The zero-order valence-electron chi connectivity index (χ0n) is 14.0. The lowest BCUT2D eigenvalue weighted by Crippen LogP contribution is -2.53. The van der Waals surface area contributed by atoms with Crippen LogP contribution in [0.2, 0.25) is 0 Å². The van der Waals surface area contributed by atoms with Crippen LogP contribution in [0.25, 0.3) is 0 Å². The fraction of sp³-hybridized carbons (Fsp3) is 0.278. The normalized spacial score (nSPS) is 14.3. The highest BCUT2D eigenvalue weighted by molar-refractivity contribution is 14.1. The smallest absolute Gasteiger partial charge is 0.256 e. The van der Waals surface area contributed by atoms with Crippen LogP contribution < -0.4 is 10.6 Å². The number of anilines is 2. The molecule has 0 spiro atoms. The lowest BCUT2D eigenvalue weighted by molar-refractivity contribution is 0.0504. The highest BCUT2D eigenvalue weighted by Crippen LogP contribution is 2.30. The Bertz CT molecular complexity index is 841. The summed E-state index contributed by atoms with van der Waals surface area (Å²) in [7, 11) is 1.83. The Morgan fingerprint density at radius 3 is 2.58 bits per heavy atom. The highest BCUT2D eigenvalue weighted by atomic mass is 127. The average Bonchev–Trinajstić information content (AvgIpc) is 2.56. The van der Waals surface area contributed by atoms with Gasteiger partial charge in [-0.1, -0.05) is 0 Å². The van der Waals surface area contributed by atoms with Gasteiger partial charge in [0, 0.05) is 29.1 Å². The van der Waals surface area contributed by atoms with E-state index in [2.05, 4.69) is 10.6 Å². The number of nitrogens with one attached hydrogen (secondary N) is 2. The summed E-state index contributed by atoms with van der Waals surface area (Å²) in [6, 6.07) is 6.44. The summed E-state index contributed by atoms with van der Waals surface area (Å²) in [6.07, 6.45) is 0. The molecule has 1 amide bonds. The molecule has 138 valence electrons. The van der Waals surface area contributed by atoms with Gasteiger partial charge in [0.15, 0.2) is 11.6 Å². The number of hydrogen-bond donors (Lipinski definition) is 2. The van der Waals surface area contributed by atoms with Gasteiger partial charge >= 0.3 is 0 Å². The summed E-state index contributed by atoms with van der Waals surface area (Å²) >= 11 is 1.94. The number of benzene rings is 2. The molecule has 0 saturated carbocycles. The van der Waals surface area contributed by atoms with E-state index in [0.29, 0.717) is 22.6 Å². The number of halogens is 4. The van der Waals surface area contributed by atoms with Crippen LogP contribution in [-0.2, 0) is 0 Å². The number of amides is 1. The minimum atomic E-state index is -1.21. The van der Waals surface area contributed by atoms with E-state index in [-0.39, 0.29) is 16.9 Å². The maximum absolute atomic E-state index is 14.4.